The summed E-state index contributed by atoms with van der Waals surface area (Å²) >= 11 is 5.97. The van der Waals surface area contributed by atoms with Crippen LogP contribution in [0.3, 0.4) is 0 Å². The number of hydrogen-bond acceptors (Lipinski definition) is 3. The largest absolute Gasteiger partial charge is 0.477 e. The van der Waals surface area contributed by atoms with Gasteiger partial charge in [0.05, 0.1) is 10.7 Å². The molecule has 1 heterocycles. The number of anilines is 2. The molecule has 2 rings (SSSR count). The Bertz CT molecular complexity index is 558. The van der Waals surface area contributed by atoms with Crippen LogP contribution in [0.2, 0.25) is 5.02 Å². The van der Waals surface area contributed by atoms with E-state index in [-0.39, 0.29) is 5.69 Å². The SMILES string of the molecule is O=C(O)c1cccc(Nc2ccccc2Cl)n1. The van der Waals surface area contributed by atoms with Gasteiger partial charge in [0.25, 0.3) is 0 Å². The number of nitrogens with zero attached hydrogens (tertiary/aromatic N) is 1. The summed E-state index contributed by atoms with van der Waals surface area (Å²) in [6.45, 7) is 0. The molecule has 4 nitrogen and oxygen atoms in total. The average molecular weight is 249 g/mol. The first-order valence-corrected chi connectivity index (χ1v) is 5.26. The number of carboxylic acid groups (broad SMARTS) is 1. The van der Waals surface area contributed by atoms with Gasteiger partial charge < -0.3 is 10.4 Å². The van der Waals surface area contributed by atoms with Crippen LogP contribution in [0.1, 0.15) is 10.5 Å². The van der Waals surface area contributed by atoms with Gasteiger partial charge in [-0.25, -0.2) is 9.78 Å². The molecule has 0 aliphatic carbocycles. The molecule has 17 heavy (non-hydrogen) atoms. The smallest absolute Gasteiger partial charge is 0.354 e. The lowest BCUT2D eigenvalue weighted by atomic mass is 10.3. The van der Waals surface area contributed by atoms with E-state index in [9.17, 15) is 4.79 Å². The zero-order chi connectivity index (χ0) is 12.3. The van der Waals surface area contributed by atoms with Crippen LogP contribution in [0.15, 0.2) is 42.5 Å². The van der Waals surface area contributed by atoms with E-state index in [1.807, 2.05) is 12.1 Å². The summed E-state index contributed by atoms with van der Waals surface area (Å²) in [6, 6.07) is 11.9. The number of aromatic nitrogens is 1. The van der Waals surface area contributed by atoms with E-state index in [1.165, 1.54) is 6.07 Å². The predicted octanol–water partition coefficient (Wildman–Crippen LogP) is 3.18. The number of benzene rings is 1. The number of rotatable bonds is 3. The van der Waals surface area contributed by atoms with E-state index in [0.29, 0.717) is 16.5 Å². The van der Waals surface area contributed by atoms with Gasteiger partial charge in [-0.15, -0.1) is 0 Å². The van der Waals surface area contributed by atoms with Crippen LogP contribution in [0.5, 0.6) is 0 Å². The van der Waals surface area contributed by atoms with Gasteiger partial charge in [0.2, 0.25) is 0 Å². The minimum Gasteiger partial charge on any atom is -0.477 e. The fourth-order valence-corrected chi connectivity index (χ4v) is 1.51. The second kappa shape index (κ2) is 4.84. The molecule has 1 aromatic heterocycles. The van der Waals surface area contributed by atoms with Gasteiger partial charge in [-0.1, -0.05) is 29.8 Å². The summed E-state index contributed by atoms with van der Waals surface area (Å²) < 4.78 is 0. The van der Waals surface area contributed by atoms with Crippen molar-refractivity contribution in [2.24, 2.45) is 0 Å². The number of halogens is 1. The van der Waals surface area contributed by atoms with Gasteiger partial charge in [0.15, 0.2) is 5.69 Å². The molecule has 0 atom stereocenters. The number of carbonyl (C=O) groups is 1. The lowest BCUT2D eigenvalue weighted by Gasteiger charge is -2.07. The summed E-state index contributed by atoms with van der Waals surface area (Å²) in [5.41, 5.74) is 0.672. The van der Waals surface area contributed by atoms with E-state index >= 15 is 0 Å². The quantitative estimate of drug-likeness (QED) is 0.876. The Balaban J connectivity index is 2.28. The zero-order valence-electron chi connectivity index (χ0n) is 8.72. The van der Waals surface area contributed by atoms with Crippen LogP contribution in [-0.2, 0) is 0 Å². The van der Waals surface area contributed by atoms with Crippen LogP contribution >= 0.6 is 11.6 Å². The molecular weight excluding hydrogens is 240 g/mol. The molecule has 0 aliphatic rings. The third kappa shape index (κ3) is 2.73. The molecule has 0 fully saturated rings. The van der Waals surface area contributed by atoms with E-state index in [4.69, 9.17) is 16.7 Å². The summed E-state index contributed by atoms with van der Waals surface area (Å²) in [4.78, 5) is 14.7. The van der Waals surface area contributed by atoms with Gasteiger partial charge in [0.1, 0.15) is 5.82 Å². The highest BCUT2D eigenvalue weighted by molar-refractivity contribution is 6.33. The molecule has 2 aromatic rings. The van der Waals surface area contributed by atoms with E-state index in [2.05, 4.69) is 10.3 Å². The molecule has 86 valence electrons. The number of nitrogens with one attached hydrogen (secondary N) is 1. The molecule has 1 aromatic carbocycles. The van der Waals surface area contributed by atoms with Crippen LogP contribution in [0.4, 0.5) is 11.5 Å². The molecular formula is C12H9ClN2O2. The third-order valence-corrected chi connectivity index (χ3v) is 2.43. The molecule has 0 saturated carbocycles. The van der Waals surface area contributed by atoms with E-state index in [0.717, 1.165) is 0 Å². The molecule has 5 heteroatoms. The zero-order valence-corrected chi connectivity index (χ0v) is 9.48. The maximum atomic E-state index is 10.8. The van der Waals surface area contributed by atoms with Crippen molar-refractivity contribution < 1.29 is 9.90 Å². The monoisotopic (exact) mass is 248 g/mol. The lowest BCUT2D eigenvalue weighted by Crippen LogP contribution is -2.02. The Labute approximate surface area is 103 Å². The molecule has 0 amide bonds. The normalized spacial score (nSPS) is 9.94. The van der Waals surface area contributed by atoms with Gasteiger partial charge >= 0.3 is 5.97 Å². The van der Waals surface area contributed by atoms with Crippen molar-refractivity contribution in [2.75, 3.05) is 5.32 Å². The fourth-order valence-electron chi connectivity index (χ4n) is 1.32. The second-order valence-electron chi connectivity index (χ2n) is 3.32. The number of carboxylic acids is 1. The van der Waals surface area contributed by atoms with Crippen LogP contribution in [-0.4, -0.2) is 16.1 Å². The fraction of sp³-hybridized carbons (Fsp3) is 0. The lowest BCUT2D eigenvalue weighted by molar-refractivity contribution is 0.0690. The Hall–Kier alpha value is -2.07. The number of hydrogen-bond donors (Lipinski definition) is 2. The molecule has 0 aliphatic heterocycles. The maximum absolute atomic E-state index is 10.8. The summed E-state index contributed by atoms with van der Waals surface area (Å²) in [6.07, 6.45) is 0. The molecule has 2 N–H and O–H groups in total. The highest BCUT2D eigenvalue weighted by Gasteiger charge is 2.06. The maximum Gasteiger partial charge on any atom is 0.354 e. The topological polar surface area (TPSA) is 62.2 Å². The molecule has 0 saturated heterocycles. The number of para-hydroxylation sites is 1. The van der Waals surface area contributed by atoms with Crippen molar-refractivity contribution in [3.05, 3.63) is 53.2 Å². The van der Waals surface area contributed by atoms with Gasteiger partial charge in [-0.2, -0.15) is 0 Å². The number of aromatic carboxylic acids is 1. The predicted molar refractivity (Wildman–Crippen MR) is 65.9 cm³/mol. The standard InChI is InChI=1S/C12H9ClN2O2/c13-8-4-1-2-5-9(8)14-11-7-3-6-10(15-11)12(16)17/h1-7H,(H,14,15)(H,16,17). The first-order chi connectivity index (χ1) is 8.16. The molecule has 0 bridgehead atoms. The summed E-state index contributed by atoms with van der Waals surface area (Å²) in [7, 11) is 0. The summed E-state index contributed by atoms with van der Waals surface area (Å²) in [5.74, 6) is -0.620. The van der Waals surface area contributed by atoms with Gasteiger partial charge in [0, 0.05) is 0 Å². The van der Waals surface area contributed by atoms with E-state index in [1.54, 1.807) is 24.3 Å². The second-order valence-corrected chi connectivity index (χ2v) is 3.73. The highest BCUT2D eigenvalue weighted by Crippen LogP contribution is 2.23. The minimum atomic E-state index is -1.06. The van der Waals surface area contributed by atoms with Crippen molar-refractivity contribution in [2.45, 2.75) is 0 Å². The van der Waals surface area contributed by atoms with Crippen LogP contribution in [0, 0.1) is 0 Å². The Kier molecular flexibility index (Phi) is 3.25. The molecule has 0 radical (unpaired) electrons. The third-order valence-electron chi connectivity index (χ3n) is 2.10. The Morgan fingerprint density at radius 1 is 1.18 bits per heavy atom. The Morgan fingerprint density at radius 2 is 1.94 bits per heavy atom. The highest BCUT2D eigenvalue weighted by atomic mass is 35.5. The minimum absolute atomic E-state index is 0.0120. The Morgan fingerprint density at radius 3 is 2.65 bits per heavy atom. The first kappa shape index (κ1) is 11.4. The molecule has 0 unspecified atom stereocenters. The van der Waals surface area contributed by atoms with Crippen molar-refractivity contribution in [1.29, 1.82) is 0 Å². The van der Waals surface area contributed by atoms with Crippen molar-refractivity contribution in [3.63, 3.8) is 0 Å². The van der Waals surface area contributed by atoms with Crippen molar-refractivity contribution in [1.82, 2.24) is 4.98 Å². The average Bonchev–Trinajstić information content (AvgIpc) is 2.32. The number of pyridine rings is 1. The molecule has 0 spiro atoms. The van der Waals surface area contributed by atoms with Crippen LogP contribution in [0.25, 0.3) is 0 Å². The van der Waals surface area contributed by atoms with Crippen molar-refractivity contribution >= 4 is 29.1 Å². The van der Waals surface area contributed by atoms with Crippen molar-refractivity contribution in [3.8, 4) is 0 Å². The first-order valence-electron chi connectivity index (χ1n) is 4.89. The van der Waals surface area contributed by atoms with Crippen LogP contribution < -0.4 is 5.32 Å². The van der Waals surface area contributed by atoms with E-state index < -0.39 is 5.97 Å². The van der Waals surface area contributed by atoms with Gasteiger partial charge in [-0.3, -0.25) is 0 Å². The van der Waals surface area contributed by atoms with Gasteiger partial charge in [-0.05, 0) is 24.3 Å². The summed E-state index contributed by atoms with van der Waals surface area (Å²) in [5, 5.41) is 12.3.